The van der Waals surface area contributed by atoms with E-state index in [2.05, 4.69) is 5.32 Å². The Bertz CT molecular complexity index is 344. The van der Waals surface area contributed by atoms with E-state index >= 15 is 0 Å². The van der Waals surface area contributed by atoms with E-state index < -0.39 is 30.1 Å². The molecule has 3 atom stereocenters. The van der Waals surface area contributed by atoms with Crippen LogP contribution in [-0.2, 0) is 14.4 Å². The molecule has 1 rings (SSSR count). The van der Waals surface area contributed by atoms with Crippen LogP contribution in [0.2, 0.25) is 0 Å². The summed E-state index contributed by atoms with van der Waals surface area (Å²) < 4.78 is 0. The van der Waals surface area contributed by atoms with Gasteiger partial charge in [0.1, 0.15) is 12.1 Å². The highest BCUT2D eigenvalue weighted by Gasteiger charge is 2.40. The fraction of sp³-hybridized carbons (Fsp3) is 0.700. The number of amides is 2. The molecule has 2 amide bonds. The molecule has 0 aromatic carbocycles. The molecule has 7 heteroatoms. The van der Waals surface area contributed by atoms with Crippen molar-refractivity contribution in [3.8, 4) is 0 Å². The average Bonchev–Trinajstić information content (AvgIpc) is 2.58. The van der Waals surface area contributed by atoms with E-state index in [4.69, 9.17) is 5.11 Å². The van der Waals surface area contributed by atoms with Gasteiger partial charge in [-0.15, -0.1) is 0 Å². The van der Waals surface area contributed by atoms with E-state index in [0.717, 1.165) is 4.90 Å². The molecular weight excluding hydrogens is 228 g/mol. The molecule has 1 aliphatic rings. The standard InChI is InChI=1S/C10H16N2O5/c1-5(11-6(2)13)9(15)12-4-7(14)3-8(12)10(16)17/h5,7-8,14H,3-4H2,1-2H3,(H,11,13)(H,16,17)/t5-,7?,8?/m0/s1. The first-order chi connectivity index (χ1) is 7.82. The fourth-order valence-electron chi connectivity index (χ4n) is 1.91. The van der Waals surface area contributed by atoms with Crippen LogP contribution in [0.25, 0.3) is 0 Å². The van der Waals surface area contributed by atoms with Crippen molar-refractivity contribution in [3.05, 3.63) is 0 Å². The second-order valence-electron chi connectivity index (χ2n) is 4.16. The first kappa shape index (κ1) is 13.4. The summed E-state index contributed by atoms with van der Waals surface area (Å²) in [5.41, 5.74) is 0. The van der Waals surface area contributed by atoms with Gasteiger partial charge in [-0.1, -0.05) is 0 Å². The Kier molecular flexibility index (Phi) is 4.06. The Hall–Kier alpha value is -1.63. The number of β-amino-alcohol motifs (C(OH)–C–C–N with tert-alkyl or cyclic N) is 1. The summed E-state index contributed by atoms with van der Waals surface area (Å²) in [7, 11) is 0. The van der Waals surface area contributed by atoms with Gasteiger partial charge in [0, 0.05) is 19.9 Å². The Morgan fingerprint density at radius 1 is 1.41 bits per heavy atom. The van der Waals surface area contributed by atoms with Gasteiger partial charge in [-0.05, 0) is 6.92 Å². The van der Waals surface area contributed by atoms with E-state index in [9.17, 15) is 19.5 Å². The number of aliphatic carboxylic acids is 1. The zero-order valence-electron chi connectivity index (χ0n) is 9.71. The van der Waals surface area contributed by atoms with Gasteiger partial charge in [0.05, 0.1) is 6.10 Å². The molecule has 0 saturated carbocycles. The molecule has 0 aromatic heterocycles. The number of hydrogen-bond acceptors (Lipinski definition) is 4. The predicted molar refractivity (Wildman–Crippen MR) is 57.0 cm³/mol. The van der Waals surface area contributed by atoms with E-state index in [1.807, 2.05) is 0 Å². The molecule has 1 aliphatic heterocycles. The molecule has 0 radical (unpaired) electrons. The summed E-state index contributed by atoms with van der Waals surface area (Å²) in [4.78, 5) is 34.7. The number of carbonyl (C=O) groups excluding carboxylic acids is 2. The molecule has 17 heavy (non-hydrogen) atoms. The molecule has 2 unspecified atom stereocenters. The van der Waals surface area contributed by atoms with Crippen molar-refractivity contribution in [2.45, 2.75) is 38.5 Å². The van der Waals surface area contributed by atoms with Crippen LogP contribution in [0, 0.1) is 0 Å². The summed E-state index contributed by atoms with van der Waals surface area (Å²) in [6.07, 6.45) is -0.807. The third kappa shape index (κ3) is 3.16. The SMILES string of the molecule is CC(=O)N[C@@H](C)C(=O)N1CC(O)CC1C(=O)O. The lowest BCUT2D eigenvalue weighted by Crippen LogP contribution is -2.50. The van der Waals surface area contributed by atoms with Crippen LogP contribution in [0.5, 0.6) is 0 Å². The van der Waals surface area contributed by atoms with Crippen LogP contribution in [0.3, 0.4) is 0 Å². The number of rotatable bonds is 3. The number of likely N-dealkylation sites (tertiary alicyclic amines) is 1. The summed E-state index contributed by atoms with van der Waals surface area (Å²) in [5, 5.41) is 20.7. The molecule has 1 saturated heterocycles. The van der Waals surface area contributed by atoms with Gasteiger partial charge in [-0.2, -0.15) is 0 Å². The predicted octanol–water partition coefficient (Wildman–Crippen LogP) is -1.44. The smallest absolute Gasteiger partial charge is 0.326 e. The number of nitrogens with one attached hydrogen (secondary N) is 1. The maximum atomic E-state index is 11.9. The topological polar surface area (TPSA) is 107 Å². The molecule has 0 spiro atoms. The maximum Gasteiger partial charge on any atom is 0.326 e. The van der Waals surface area contributed by atoms with Gasteiger partial charge in [0.2, 0.25) is 11.8 Å². The quantitative estimate of drug-likeness (QED) is 0.563. The molecule has 0 aliphatic carbocycles. The van der Waals surface area contributed by atoms with Crippen LogP contribution in [0.1, 0.15) is 20.3 Å². The number of carboxylic acid groups (broad SMARTS) is 1. The van der Waals surface area contributed by atoms with E-state index in [1.165, 1.54) is 13.8 Å². The Morgan fingerprint density at radius 3 is 2.47 bits per heavy atom. The van der Waals surface area contributed by atoms with Crippen molar-refractivity contribution in [1.82, 2.24) is 10.2 Å². The molecule has 0 bridgehead atoms. The van der Waals surface area contributed by atoms with E-state index in [1.54, 1.807) is 0 Å². The third-order valence-electron chi connectivity index (χ3n) is 2.64. The molecule has 1 heterocycles. The zero-order chi connectivity index (χ0) is 13.2. The average molecular weight is 244 g/mol. The van der Waals surface area contributed by atoms with Crippen molar-refractivity contribution in [1.29, 1.82) is 0 Å². The summed E-state index contributed by atoms with van der Waals surface area (Å²) in [6, 6.07) is -1.81. The largest absolute Gasteiger partial charge is 0.480 e. The van der Waals surface area contributed by atoms with Crippen LogP contribution >= 0.6 is 0 Å². The van der Waals surface area contributed by atoms with Crippen LogP contribution < -0.4 is 5.32 Å². The van der Waals surface area contributed by atoms with Crippen molar-refractivity contribution in [2.75, 3.05) is 6.54 Å². The van der Waals surface area contributed by atoms with Crippen molar-refractivity contribution in [2.24, 2.45) is 0 Å². The Labute approximate surface area is 98.4 Å². The summed E-state index contributed by atoms with van der Waals surface area (Å²) in [6.45, 7) is 2.74. The molecule has 96 valence electrons. The summed E-state index contributed by atoms with van der Waals surface area (Å²) >= 11 is 0. The minimum atomic E-state index is -1.15. The van der Waals surface area contributed by atoms with Gasteiger partial charge in [0.25, 0.3) is 0 Å². The monoisotopic (exact) mass is 244 g/mol. The van der Waals surface area contributed by atoms with Crippen molar-refractivity contribution in [3.63, 3.8) is 0 Å². The van der Waals surface area contributed by atoms with Crippen LogP contribution in [0.15, 0.2) is 0 Å². The Morgan fingerprint density at radius 2 is 2.00 bits per heavy atom. The van der Waals surface area contributed by atoms with Crippen molar-refractivity contribution < 1.29 is 24.6 Å². The minimum Gasteiger partial charge on any atom is -0.480 e. The highest BCUT2D eigenvalue weighted by molar-refractivity contribution is 5.90. The molecular formula is C10H16N2O5. The zero-order valence-corrected chi connectivity index (χ0v) is 9.71. The third-order valence-corrected chi connectivity index (χ3v) is 2.64. The molecule has 7 nitrogen and oxygen atoms in total. The van der Waals surface area contributed by atoms with Gasteiger partial charge in [-0.3, -0.25) is 9.59 Å². The number of carbonyl (C=O) groups is 3. The number of carboxylic acids is 1. The van der Waals surface area contributed by atoms with Gasteiger partial charge >= 0.3 is 5.97 Å². The first-order valence-electron chi connectivity index (χ1n) is 5.31. The number of hydrogen-bond donors (Lipinski definition) is 3. The first-order valence-corrected chi connectivity index (χ1v) is 5.31. The Balaban J connectivity index is 2.73. The second-order valence-corrected chi connectivity index (χ2v) is 4.16. The highest BCUT2D eigenvalue weighted by atomic mass is 16.4. The fourth-order valence-corrected chi connectivity index (χ4v) is 1.91. The number of aliphatic hydroxyl groups is 1. The second kappa shape index (κ2) is 5.13. The van der Waals surface area contributed by atoms with E-state index in [-0.39, 0.29) is 18.9 Å². The van der Waals surface area contributed by atoms with Crippen molar-refractivity contribution >= 4 is 17.8 Å². The van der Waals surface area contributed by atoms with E-state index in [0.29, 0.717) is 0 Å². The van der Waals surface area contributed by atoms with Crippen LogP contribution in [-0.4, -0.2) is 57.6 Å². The minimum absolute atomic E-state index is 0.0142. The lowest BCUT2D eigenvalue weighted by molar-refractivity contribution is -0.149. The highest BCUT2D eigenvalue weighted by Crippen LogP contribution is 2.19. The van der Waals surface area contributed by atoms with Gasteiger partial charge in [-0.25, -0.2) is 4.79 Å². The van der Waals surface area contributed by atoms with Gasteiger partial charge in [0.15, 0.2) is 0 Å². The normalized spacial score (nSPS) is 25.5. The summed E-state index contributed by atoms with van der Waals surface area (Å²) in [5.74, 6) is -2.01. The number of nitrogens with zero attached hydrogens (tertiary/aromatic N) is 1. The lowest BCUT2D eigenvalue weighted by Gasteiger charge is -2.24. The van der Waals surface area contributed by atoms with Gasteiger partial charge < -0.3 is 20.4 Å². The molecule has 3 N–H and O–H groups in total. The maximum absolute atomic E-state index is 11.9. The number of aliphatic hydroxyl groups excluding tert-OH is 1. The molecule has 1 fully saturated rings. The molecule has 0 aromatic rings. The van der Waals surface area contributed by atoms with Crippen LogP contribution in [0.4, 0.5) is 0 Å². The lowest BCUT2D eigenvalue weighted by atomic mass is 10.2.